The summed E-state index contributed by atoms with van der Waals surface area (Å²) in [6.07, 6.45) is 0. The van der Waals surface area contributed by atoms with Crippen molar-refractivity contribution in [3.05, 3.63) is 70.0 Å². The number of benzene rings is 2. The standard InChI is InChI=1S/C20H18N4O3/c1-11-6-7-15-14(8-11)20(26)23-19(22-15)17-16(25)10-24(18(17)21)12-4-3-5-13(9-12)27-2/h3-9,21,25H,10H2,1-2H3,(H,22,23,26). The Hall–Kier alpha value is -3.61. The number of ether oxygens (including phenoxy) is 1. The van der Waals surface area contributed by atoms with Crippen LogP contribution in [0.1, 0.15) is 11.4 Å². The normalized spacial score (nSPS) is 14.3. The van der Waals surface area contributed by atoms with E-state index >= 15 is 0 Å². The van der Waals surface area contributed by atoms with Crippen LogP contribution in [0.5, 0.6) is 5.75 Å². The molecule has 0 unspecified atom stereocenters. The Labute approximate surface area is 155 Å². The summed E-state index contributed by atoms with van der Waals surface area (Å²) in [5, 5.41) is 19.5. The molecule has 0 spiro atoms. The van der Waals surface area contributed by atoms with Gasteiger partial charge < -0.3 is 19.7 Å². The van der Waals surface area contributed by atoms with Crippen LogP contribution in [0.4, 0.5) is 5.69 Å². The number of hydrogen-bond donors (Lipinski definition) is 3. The molecule has 2 heterocycles. The molecular weight excluding hydrogens is 344 g/mol. The SMILES string of the molecule is COc1cccc(N2CC(O)=C(c3nc4ccc(C)cc4c(=O)[nH]3)C2=N)c1. The largest absolute Gasteiger partial charge is 0.509 e. The first-order valence-corrected chi connectivity index (χ1v) is 8.41. The number of nitrogens with zero attached hydrogens (tertiary/aromatic N) is 2. The van der Waals surface area contributed by atoms with Crippen molar-refractivity contribution < 1.29 is 9.84 Å². The van der Waals surface area contributed by atoms with Crippen LogP contribution in [0.2, 0.25) is 0 Å². The van der Waals surface area contributed by atoms with E-state index in [1.54, 1.807) is 30.2 Å². The number of H-pyrrole nitrogens is 1. The molecule has 0 amide bonds. The Balaban J connectivity index is 1.77. The van der Waals surface area contributed by atoms with Crippen LogP contribution in [0, 0.1) is 12.3 Å². The van der Waals surface area contributed by atoms with Crippen molar-refractivity contribution in [2.24, 2.45) is 0 Å². The van der Waals surface area contributed by atoms with Crippen LogP contribution in [0.3, 0.4) is 0 Å². The Morgan fingerprint density at radius 2 is 2.07 bits per heavy atom. The van der Waals surface area contributed by atoms with E-state index < -0.39 is 0 Å². The van der Waals surface area contributed by atoms with E-state index in [2.05, 4.69) is 9.97 Å². The molecule has 1 aliphatic heterocycles. The van der Waals surface area contributed by atoms with Crippen molar-refractivity contribution in [1.29, 1.82) is 5.41 Å². The fraction of sp³-hybridized carbons (Fsp3) is 0.150. The van der Waals surface area contributed by atoms with Gasteiger partial charge in [0.15, 0.2) is 0 Å². The number of aromatic amines is 1. The monoisotopic (exact) mass is 362 g/mol. The van der Waals surface area contributed by atoms with Crippen molar-refractivity contribution in [3.8, 4) is 5.75 Å². The molecule has 1 aromatic heterocycles. The summed E-state index contributed by atoms with van der Waals surface area (Å²) in [5.41, 5.74) is 2.11. The van der Waals surface area contributed by atoms with Gasteiger partial charge in [-0.1, -0.05) is 17.7 Å². The fourth-order valence-corrected chi connectivity index (χ4v) is 3.20. The van der Waals surface area contributed by atoms with Gasteiger partial charge in [0.25, 0.3) is 5.56 Å². The second-order valence-electron chi connectivity index (χ2n) is 6.39. The Morgan fingerprint density at radius 1 is 1.26 bits per heavy atom. The minimum absolute atomic E-state index is 0.0163. The first kappa shape index (κ1) is 16.8. The number of aromatic nitrogens is 2. The number of anilines is 1. The lowest BCUT2D eigenvalue weighted by Gasteiger charge is -2.19. The highest BCUT2D eigenvalue weighted by atomic mass is 16.5. The van der Waals surface area contributed by atoms with Gasteiger partial charge in [-0.3, -0.25) is 10.2 Å². The van der Waals surface area contributed by atoms with Gasteiger partial charge in [-0.2, -0.15) is 0 Å². The number of aliphatic hydroxyl groups excluding tert-OH is 1. The fourth-order valence-electron chi connectivity index (χ4n) is 3.20. The molecule has 4 rings (SSSR count). The van der Waals surface area contributed by atoms with Gasteiger partial charge in [0.05, 0.1) is 30.1 Å². The summed E-state index contributed by atoms with van der Waals surface area (Å²) < 4.78 is 5.23. The summed E-state index contributed by atoms with van der Waals surface area (Å²) in [4.78, 5) is 21.2. The molecule has 0 fully saturated rings. The lowest BCUT2D eigenvalue weighted by Crippen LogP contribution is -2.26. The van der Waals surface area contributed by atoms with Crippen molar-refractivity contribution in [2.75, 3.05) is 18.6 Å². The third-order valence-electron chi connectivity index (χ3n) is 4.57. The number of amidine groups is 1. The highest BCUT2D eigenvalue weighted by molar-refractivity contribution is 6.30. The van der Waals surface area contributed by atoms with Crippen molar-refractivity contribution in [3.63, 3.8) is 0 Å². The van der Waals surface area contributed by atoms with Gasteiger partial charge in [0.1, 0.15) is 23.2 Å². The van der Waals surface area contributed by atoms with Crippen molar-refractivity contribution in [1.82, 2.24) is 9.97 Å². The van der Waals surface area contributed by atoms with E-state index in [4.69, 9.17) is 10.1 Å². The van der Waals surface area contributed by atoms with E-state index in [1.807, 2.05) is 31.2 Å². The molecule has 3 N–H and O–H groups in total. The molecule has 0 radical (unpaired) electrons. The van der Waals surface area contributed by atoms with Crippen LogP contribution in [0.25, 0.3) is 16.5 Å². The molecule has 1 aliphatic rings. The first-order valence-electron chi connectivity index (χ1n) is 8.41. The van der Waals surface area contributed by atoms with Gasteiger partial charge in [0.2, 0.25) is 0 Å². The molecule has 2 aromatic carbocycles. The number of methoxy groups -OCH3 is 1. The van der Waals surface area contributed by atoms with Crippen LogP contribution < -0.4 is 15.2 Å². The van der Waals surface area contributed by atoms with E-state index in [-0.39, 0.29) is 35.1 Å². The quantitative estimate of drug-likeness (QED) is 0.665. The summed E-state index contributed by atoms with van der Waals surface area (Å²) in [6, 6.07) is 12.6. The molecule has 0 bridgehead atoms. The predicted octanol–water partition coefficient (Wildman–Crippen LogP) is 3.01. The zero-order valence-electron chi connectivity index (χ0n) is 14.9. The van der Waals surface area contributed by atoms with E-state index in [0.717, 1.165) is 5.56 Å². The predicted molar refractivity (Wildman–Crippen MR) is 105 cm³/mol. The number of hydrogen-bond acceptors (Lipinski definition) is 5. The summed E-state index contributed by atoms with van der Waals surface area (Å²) in [7, 11) is 1.57. The van der Waals surface area contributed by atoms with E-state index in [0.29, 0.717) is 22.3 Å². The van der Waals surface area contributed by atoms with Crippen LogP contribution in [-0.2, 0) is 0 Å². The molecular formula is C20H18N4O3. The van der Waals surface area contributed by atoms with Gasteiger partial charge in [0, 0.05) is 11.8 Å². The highest BCUT2D eigenvalue weighted by Gasteiger charge is 2.31. The second kappa shape index (κ2) is 6.28. The van der Waals surface area contributed by atoms with Crippen LogP contribution in [0.15, 0.2) is 53.0 Å². The lowest BCUT2D eigenvalue weighted by molar-refractivity contribution is 0.410. The van der Waals surface area contributed by atoms with Gasteiger partial charge in [-0.15, -0.1) is 0 Å². The maximum atomic E-state index is 12.5. The lowest BCUT2D eigenvalue weighted by atomic mass is 10.1. The second-order valence-corrected chi connectivity index (χ2v) is 6.39. The maximum absolute atomic E-state index is 12.5. The van der Waals surface area contributed by atoms with E-state index in [1.165, 1.54) is 0 Å². The summed E-state index contributed by atoms with van der Waals surface area (Å²) >= 11 is 0. The van der Waals surface area contributed by atoms with Gasteiger partial charge in [-0.25, -0.2) is 4.98 Å². The van der Waals surface area contributed by atoms with Gasteiger partial charge >= 0.3 is 0 Å². The average molecular weight is 362 g/mol. The average Bonchev–Trinajstić information content (AvgIpc) is 2.96. The molecule has 0 atom stereocenters. The molecule has 0 saturated carbocycles. The minimum atomic E-state index is -0.299. The zero-order valence-corrected chi connectivity index (χ0v) is 14.9. The molecule has 3 aromatic rings. The number of aliphatic hydroxyl groups is 1. The molecule has 136 valence electrons. The Kier molecular flexibility index (Phi) is 3.92. The topological polar surface area (TPSA) is 102 Å². The number of rotatable bonds is 3. The zero-order chi connectivity index (χ0) is 19.1. The van der Waals surface area contributed by atoms with Crippen LogP contribution in [-0.4, -0.2) is 34.6 Å². The minimum Gasteiger partial charge on any atom is -0.509 e. The van der Waals surface area contributed by atoms with Crippen molar-refractivity contribution in [2.45, 2.75) is 6.92 Å². The first-order chi connectivity index (χ1) is 13.0. The Bertz CT molecular complexity index is 1160. The number of aryl methyl sites for hydroxylation is 1. The third-order valence-corrected chi connectivity index (χ3v) is 4.57. The van der Waals surface area contributed by atoms with E-state index in [9.17, 15) is 9.90 Å². The molecule has 27 heavy (non-hydrogen) atoms. The number of nitrogens with one attached hydrogen (secondary N) is 2. The maximum Gasteiger partial charge on any atom is 0.259 e. The molecule has 7 nitrogen and oxygen atoms in total. The molecule has 0 aliphatic carbocycles. The van der Waals surface area contributed by atoms with Gasteiger partial charge in [-0.05, 0) is 31.2 Å². The highest BCUT2D eigenvalue weighted by Crippen LogP contribution is 2.31. The molecule has 0 saturated heterocycles. The Morgan fingerprint density at radius 3 is 2.85 bits per heavy atom. The summed E-state index contributed by atoms with van der Waals surface area (Å²) in [6.45, 7) is 2.02. The molecule has 7 heteroatoms. The smallest absolute Gasteiger partial charge is 0.259 e. The summed E-state index contributed by atoms with van der Waals surface area (Å²) in [5.74, 6) is 0.887. The number of fused-ring (bicyclic) bond motifs is 1. The van der Waals surface area contributed by atoms with Crippen molar-refractivity contribution >= 4 is 28.0 Å². The third kappa shape index (κ3) is 2.83. The van der Waals surface area contributed by atoms with Crippen LogP contribution >= 0.6 is 0 Å².